The molecular formula is C18H35N7O6. The molecule has 0 bridgehead atoms. The van der Waals surface area contributed by atoms with Crippen molar-refractivity contribution in [2.24, 2.45) is 28.1 Å². The van der Waals surface area contributed by atoms with Gasteiger partial charge >= 0.3 is 5.97 Å². The first-order valence-electron chi connectivity index (χ1n) is 9.99. The zero-order valence-electron chi connectivity index (χ0n) is 18.1. The molecule has 0 aromatic carbocycles. The SMILES string of the molecule is CCC(C)C(NC(=O)C(CCCN=C(N)N)NC(=O)CNC(=O)C(N)C(C)O)C(=O)O. The van der Waals surface area contributed by atoms with Crippen molar-refractivity contribution in [3.63, 3.8) is 0 Å². The van der Waals surface area contributed by atoms with Crippen LogP contribution in [0.25, 0.3) is 0 Å². The van der Waals surface area contributed by atoms with Gasteiger partial charge in [0, 0.05) is 6.54 Å². The number of aliphatic hydroxyl groups is 1. The molecule has 3 amide bonds. The molecule has 178 valence electrons. The molecule has 0 aliphatic heterocycles. The Morgan fingerprint density at radius 3 is 2.16 bits per heavy atom. The van der Waals surface area contributed by atoms with Gasteiger partial charge in [-0.05, 0) is 25.7 Å². The van der Waals surface area contributed by atoms with Gasteiger partial charge in [0.25, 0.3) is 0 Å². The maximum absolute atomic E-state index is 12.7. The van der Waals surface area contributed by atoms with Gasteiger partial charge < -0.3 is 43.4 Å². The Bertz CT molecular complexity index is 651. The minimum atomic E-state index is -1.21. The second kappa shape index (κ2) is 14.1. The number of carboxylic acid groups (broad SMARTS) is 1. The van der Waals surface area contributed by atoms with Crippen molar-refractivity contribution in [1.29, 1.82) is 0 Å². The summed E-state index contributed by atoms with van der Waals surface area (Å²) in [6.07, 6.45) is -0.126. The number of aliphatic hydroxyl groups excluding tert-OH is 1. The first-order valence-corrected chi connectivity index (χ1v) is 9.99. The molecule has 0 spiro atoms. The molecule has 13 heteroatoms. The Morgan fingerprint density at radius 2 is 1.68 bits per heavy atom. The largest absolute Gasteiger partial charge is 0.480 e. The normalized spacial score (nSPS) is 15.5. The molecule has 0 rings (SSSR count). The Labute approximate surface area is 181 Å². The van der Waals surface area contributed by atoms with E-state index in [1.807, 2.05) is 0 Å². The van der Waals surface area contributed by atoms with Gasteiger partial charge in [0.1, 0.15) is 18.1 Å². The third kappa shape index (κ3) is 11.1. The summed E-state index contributed by atoms with van der Waals surface area (Å²) in [4.78, 5) is 51.9. The molecule has 0 saturated heterocycles. The third-order valence-electron chi connectivity index (χ3n) is 4.62. The highest BCUT2D eigenvalue weighted by molar-refractivity contribution is 5.92. The topological polar surface area (TPSA) is 235 Å². The molecule has 0 radical (unpaired) electrons. The van der Waals surface area contributed by atoms with Crippen LogP contribution < -0.4 is 33.2 Å². The van der Waals surface area contributed by atoms with Gasteiger partial charge in [0.05, 0.1) is 12.6 Å². The van der Waals surface area contributed by atoms with E-state index >= 15 is 0 Å². The molecule has 0 heterocycles. The Morgan fingerprint density at radius 1 is 1.06 bits per heavy atom. The molecule has 31 heavy (non-hydrogen) atoms. The fourth-order valence-electron chi connectivity index (χ4n) is 2.46. The Balaban J connectivity index is 5.12. The number of nitrogens with one attached hydrogen (secondary N) is 3. The smallest absolute Gasteiger partial charge is 0.326 e. The first-order chi connectivity index (χ1) is 14.4. The molecular weight excluding hydrogens is 410 g/mol. The molecule has 0 aromatic heterocycles. The zero-order valence-corrected chi connectivity index (χ0v) is 18.1. The molecule has 13 nitrogen and oxygen atoms in total. The van der Waals surface area contributed by atoms with Crippen LogP contribution in [0.1, 0.15) is 40.0 Å². The van der Waals surface area contributed by atoms with Crippen molar-refractivity contribution >= 4 is 29.7 Å². The number of hydrogen-bond donors (Lipinski definition) is 8. The van der Waals surface area contributed by atoms with E-state index in [2.05, 4.69) is 20.9 Å². The van der Waals surface area contributed by atoms with Gasteiger partial charge in [-0.25, -0.2) is 4.79 Å². The third-order valence-corrected chi connectivity index (χ3v) is 4.62. The molecule has 0 saturated carbocycles. The first kappa shape index (κ1) is 28.1. The lowest BCUT2D eigenvalue weighted by atomic mass is 9.98. The minimum absolute atomic E-state index is 0.120. The summed E-state index contributed by atoms with van der Waals surface area (Å²) in [6.45, 7) is 4.53. The van der Waals surface area contributed by atoms with Crippen LogP contribution in [0.2, 0.25) is 0 Å². The van der Waals surface area contributed by atoms with Gasteiger partial charge in [-0.3, -0.25) is 19.4 Å². The van der Waals surface area contributed by atoms with Crippen LogP contribution in [0.3, 0.4) is 0 Å². The number of carbonyl (C=O) groups is 4. The van der Waals surface area contributed by atoms with Crippen molar-refractivity contribution in [3.8, 4) is 0 Å². The fraction of sp³-hybridized carbons (Fsp3) is 0.722. The number of nitrogens with zero attached hydrogens (tertiary/aromatic N) is 1. The number of aliphatic carboxylic acids is 1. The molecule has 5 unspecified atom stereocenters. The highest BCUT2D eigenvalue weighted by atomic mass is 16.4. The predicted octanol–water partition coefficient (Wildman–Crippen LogP) is -3.04. The lowest BCUT2D eigenvalue weighted by Gasteiger charge is -2.24. The van der Waals surface area contributed by atoms with Crippen LogP contribution in [0.5, 0.6) is 0 Å². The Hall–Kier alpha value is -2.93. The van der Waals surface area contributed by atoms with E-state index in [0.717, 1.165) is 0 Å². The number of aliphatic imine (C=N–C) groups is 1. The summed E-state index contributed by atoms with van der Waals surface area (Å²) in [6, 6.07) is -3.41. The van der Waals surface area contributed by atoms with Gasteiger partial charge in [0.2, 0.25) is 17.7 Å². The number of carbonyl (C=O) groups excluding carboxylic acids is 3. The van der Waals surface area contributed by atoms with E-state index < -0.39 is 54.5 Å². The lowest BCUT2D eigenvalue weighted by molar-refractivity contribution is -0.143. The van der Waals surface area contributed by atoms with Gasteiger partial charge in [-0.1, -0.05) is 20.3 Å². The van der Waals surface area contributed by atoms with E-state index in [4.69, 9.17) is 17.2 Å². The molecule has 0 aliphatic rings. The number of guanidine groups is 1. The predicted molar refractivity (Wildman–Crippen MR) is 114 cm³/mol. The molecule has 11 N–H and O–H groups in total. The quantitative estimate of drug-likeness (QED) is 0.0769. The lowest BCUT2D eigenvalue weighted by Crippen LogP contribution is -2.55. The van der Waals surface area contributed by atoms with Crippen molar-refractivity contribution in [2.75, 3.05) is 13.1 Å². The van der Waals surface area contributed by atoms with Crippen LogP contribution in [0.4, 0.5) is 0 Å². The summed E-state index contributed by atoms with van der Waals surface area (Å²) in [7, 11) is 0. The van der Waals surface area contributed by atoms with E-state index in [9.17, 15) is 29.4 Å². The second-order valence-corrected chi connectivity index (χ2v) is 7.26. The second-order valence-electron chi connectivity index (χ2n) is 7.26. The number of carboxylic acids is 1. The molecule has 0 aliphatic carbocycles. The van der Waals surface area contributed by atoms with E-state index in [0.29, 0.717) is 12.8 Å². The monoisotopic (exact) mass is 445 g/mol. The summed E-state index contributed by atoms with van der Waals surface area (Å²) in [5, 5.41) is 25.8. The van der Waals surface area contributed by atoms with E-state index in [1.54, 1.807) is 13.8 Å². The highest BCUT2D eigenvalue weighted by Gasteiger charge is 2.29. The molecule has 5 atom stereocenters. The minimum Gasteiger partial charge on any atom is -0.480 e. The number of hydrogen-bond acceptors (Lipinski definition) is 7. The summed E-state index contributed by atoms with van der Waals surface area (Å²) >= 11 is 0. The van der Waals surface area contributed by atoms with Crippen LogP contribution in [-0.2, 0) is 19.2 Å². The molecule has 0 fully saturated rings. The van der Waals surface area contributed by atoms with E-state index in [1.165, 1.54) is 6.92 Å². The fourth-order valence-corrected chi connectivity index (χ4v) is 2.46. The van der Waals surface area contributed by atoms with E-state index in [-0.39, 0.29) is 24.8 Å². The van der Waals surface area contributed by atoms with Crippen molar-refractivity contribution in [2.45, 2.75) is 64.3 Å². The van der Waals surface area contributed by atoms with Crippen LogP contribution in [0.15, 0.2) is 4.99 Å². The average Bonchev–Trinajstić information content (AvgIpc) is 2.70. The van der Waals surface area contributed by atoms with Gasteiger partial charge in [-0.2, -0.15) is 0 Å². The van der Waals surface area contributed by atoms with Gasteiger partial charge in [-0.15, -0.1) is 0 Å². The van der Waals surface area contributed by atoms with Crippen molar-refractivity contribution < 1.29 is 29.4 Å². The van der Waals surface area contributed by atoms with Crippen molar-refractivity contribution in [1.82, 2.24) is 16.0 Å². The zero-order chi connectivity index (χ0) is 24.1. The average molecular weight is 446 g/mol. The van der Waals surface area contributed by atoms with Gasteiger partial charge in [0.15, 0.2) is 5.96 Å². The maximum Gasteiger partial charge on any atom is 0.326 e. The number of amides is 3. The number of rotatable bonds is 14. The Kier molecular flexibility index (Phi) is 12.8. The highest BCUT2D eigenvalue weighted by Crippen LogP contribution is 2.09. The van der Waals surface area contributed by atoms with Crippen molar-refractivity contribution in [3.05, 3.63) is 0 Å². The van der Waals surface area contributed by atoms with Crippen LogP contribution in [0, 0.1) is 5.92 Å². The summed E-state index contributed by atoms with van der Waals surface area (Å²) in [5.74, 6) is -3.75. The van der Waals surface area contributed by atoms with Crippen LogP contribution >= 0.6 is 0 Å². The number of nitrogens with two attached hydrogens (primary N) is 3. The standard InChI is InChI=1S/C18H35N7O6/c1-4-9(2)14(17(30)31)25-15(28)11(6-5-7-22-18(20)21)24-12(27)8-23-16(29)13(19)10(3)26/h9-11,13-14,26H,4-8,19H2,1-3H3,(H,23,29)(H,24,27)(H,25,28)(H,30,31)(H4,20,21,22). The maximum atomic E-state index is 12.7. The summed E-state index contributed by atoms with van der Waals surface area (Å²) < 4.78 is 0. The molecule has 0 aromatic rings. The summed E-state index contributed by atoms with van der Waals surface area (Å²) in [5.41, 5.74) is 16.0. The van der Waals surface area contributed by atoms with Crippen LogP contribution in [-0.4, -0.2) is 77.2 Å².